The summed E-state index contributed by atoms with van der Waals surface area (Å²) in [5, 5.41) is 0. The van der Waals surface area contributed by atoms with Gasteiger partial charge in [0.05, 0.1) is 38.5 Å². The van der Waals surface area contributed by atoms with Crippen molar-refractivity contribution in [3.63, 3.8) is 0 Å². The molecule has 6 heteroatoms. The maximum atomic E-state index is 13.6. The molecule has 2 aromatic carbocycles. The fraction of sp³-hybridized carbons (Fsp3) is 0.409. The lowest BCUT2D eigenvalue weighted by Gasteiger charge is -2.42. The lowest BCUT2D eigenvalue weighted by molar-refractivity contribution is -0.0685. The number of hydrogen-bond donors (Lipinski definition) is 0. The zero-order chi connectivity index (χ0) is 20.1. The molecule has 1 aliphatic rings. The minimum absolute atomic E-state index is 0.0864. The molecule has 2 aromatic rings. The molecule has 150 valence electrons. The molecule has 3 rings (SSSR count). The Hall–Kier alpha value is -2.57. The first-order valence-electron chi connectivity index (χ1n) is 9.40. The standard InChI is InChI=1S/C22H28N2O4/c1-23(2)15-19-20(16-9-6-5-7-10-16)24(13-14-28-19)22(25)17-11-8-12-18(26-3)21(17)27-4/h5-12,19-20H,13-15H2,1-4H3/t19-,20-/m0/s1. The van der Waals surface area contributed by atoms with E-state index < -0.39 is 0 Å². The normalized spacial score (nSPS) is 19.5. The van der Waals surface area contributed by atoms with Gasteiger partial charge in [0.25, 0.3) is 5.91 Å². The highest BCUT2D eigenvalue weighted by molar-refractivity contribution is 5.98. The Balaban J connectivity index is 2.01. The third kappa shape index (κ3) is 4.13. The highest BCUT2D eigenvalue weighted by Gasteiger charge is 2.38. The van der Waals surface area contributed by atoms with Gasteiger partial charge in [-0.25, -0.2) is 0 Å². The Labute approximate surface area is 166 Å². The van der Waals surface area contributed by atoms with Crippen LogP contribution in [0.1, 0.15) is 22.0 Å². The largest absolute Gasteiger partial charge is 0.493 e. The van der Waals surface area contributed by atoms with Crippen molar-refractivity contribution in [1.82, 2.24) is 9.80 Å². The van der Waals surface area contributed by atoms with Gasteiger partial charge in [-0.2, -0.15) is 0 Å². The van der Waals surface area contributed by atoms with Gasteiger partial charge in [0.2, 0.25) is 0 Å². The second-order valence-corrected chi connectivity index (χ2v) is 7.07. The van der Waals surface area contributed by atoms with E-state index in [0.717, 1.165) is 12.1 Å². The van der Waals surface area contributed by atoms with Crippen LogP contribution in [0, 0.1) is 0 Å². The minimum Gasteiger partial charge on any atom is -0.493 e. The van der Waals surface area contributed by atoms with Gasteiger partial charge in [-0.05, 0) is 31.8 Å². The number of rotatable bonds is 6. The first-order chi connectivity index (χ1) is 13.6. The van der Waals surface area contributed by atoms with Crippen molar-refractivity contribution in [2.45, 2.75) is 12.1 Å². The summed E-state index contributed by atoms with van der Waals surface area (Å²) in [6, 6.07) is 15.3. The Morgan fingerprint density at radius 1 is 1.11 bits per heavy atom. The number of methoxy groups -OCH3 is 2. The molecule has 0 radical (unpaired) electrons. The van der Waals surface area contributed by atoms with Crippen LogP contribution in [0.15, 0.2) is 48.5 Å². The Bertz CT molecular complexity index is 794. The van der Waals surface area contributed by atoms with Crippen LogP contribution in [0.25, 0.3) is 0 Å². The van der Waals surface area contributed by atoms with Crippen molar-refractivity contribution in [3.05, 3.63) is 59.7 Å². The minimum atomic E-state index is -0.180. The van der Waals surface area contributed by atoms with Gasteiger partial charge < -0.3 is 24.0 Å². The molecule has 1 saturated heterocycles. The van der Waals surface area contributed by atoms with Crippen LogP contribution in [0.2, 0.25) is 0 Å². The van der Waals surface area contributed by atoms with Crippen molar-refractivity contribution in [3.8, 4) is 11.5 Å². The first kappa shape index (κ1) is 20.2. The lowest BCUT2D eigenvalue weighted by Crippen LogP contribution is -2.51. The smallest absolute Gasteiger partial charge is 0.258 e. The van der Waals surface area contributed by atoms with Crippen LogP contribution in [0.4, 0.5) is 0 Å². The molecule has 1 amide bonds. The van der Waals surface area contributed by atoms with Crippen LogP contribution >= 0.6 is 0 Å². The van der Waals surface area contributed by atoms with Crippen LogP contribution in [0.5, 0.6) is 11.5 Å². The van der Waals surface area contributed by atoms with E-state index in [1.165, 1.54) is 0 Å². The summed E-state index contributed by atoms with van der Waals surface area (Å²) in [7, 11) is 7.15. The van der Waals surface area contributed by atoms with Gasteiger partial charge in [-0.1, -0.05) is 36.4 Å². The number of morpholine rings is 1. The van der Waals surface area contributed by atoms with E-state index in [9.17, 15) is 4.79 Å². The maximum Gasteiger partial charge on any atom is 0.258 e. The fourth-order valence-corrected chi connectivity index (χ4v) is 3.73. The number of para-hydroxylation sites is 1. The van der Waals surface area contributed by atoms with E-state index in [1.807, 2.05) is 55.4 Å². The topological polar surface area (TPSA) is 51.2 Å². The molecule has 0 aromatic heterocycles. The first-order valence-corrected chi connectivity index (χ1v) is 9.40. The average Bonchev–Trinajstić information content (AvgIpc) is 2.72. The van der Waals surface area contributed by atoms with E-state index in [4.69, 9.17) is 14.2 Å². The number of carbonyl (C=O) groups is 1. The predicted molar refractivity (Wildman–Crippen MR) is 108 cm³/mol. The van der Waals surface area contributed by atoms with Gasteiger partial charge in [0.15, 0.2) is 11.5 Å². The SMILES string of the molecule is COc1cccc(C(=O)N2CCO[C@@H](CN(C)C)[C@@H]2c2ccccc2)c1OC. The molecular formula is C22H28N2O4. The number of ether oxygens (including phenoxy) is 3. The number of nitrogens with zero attached hydrogens (tertiary/aromatic N) is 2. The molecule has 1 heterocycles. The summed E-state index contributed by atoms with van der Waals surface area (Å²) >= 11 is 0. The van der Waals surface area contributed by atoms with Gasteiger partial charge >= 0.3 is 0 Å². The van der Waals surface area contributed by atoms with Gasteiger partial charge in [0.1, 0.15) is 0 Å². The number of carbonyl (C=O) groups excluding carboxylic acids is 1. The van der Waals surface area contributed by atoms with E-state index in [-0.39, 0.29) is 18.1 Å². The van der Waals surface area contributed by atoms with Crippen molar-refractivity contribution in [2.24, 2.45) is 0 Å². The molecule has 1 aliphatic heterocycles. The molecule has 0 N–H and O–H groups in total. The highest BCUT2D eigenvalue weighted by Crippen LogP contribution is 2.36. The van der Waals surface area contributed by atoms with Crippen molar-refractivity contribution in [1.29, 1.82) is 0 Å². The molecular weight excluding hydrogens is 356 g/mol. The Morgan fingerprint density at radius 3 is 2.50 bits per heavy atom. The zero-order valence-electron chi connectivity index (χ0n) is 16.9. The zero-order valence-corrected chi connectivity index (χ0v) is 16.9. The second kappa shape index (κ2) is 9.08. The van der Waals surface area contributed by atoms with E-state index in [1.54, 1.807) is 26.4 Å². The number of benzene rings is 2. The second-order valence-electron chi connectivity index (χ2n) is 7.07. The van der Waals surface area contributed by atoms with Gasteiger partial charge in [0, 0.05) is 13.1 Å². The predicted octanol–water partition coefficient (Wildman–Crippen LogP) is 2.85. The fourth-order valence-electron chi connectivity index (χ4n) is 3.73. The molecule has 2 atom stereocenters. The molecule has 0 spiro atoms. The van der Waals surface area contributed by atoms with Gasteiger partial charge in [-0.3, -0.25) is 4.79 Å². The Morgan fingerprint density at radius 2 is 1.86 bits per heavy atom. The summed E-state index contributed by atoms with van der Waals surface area (Å²) in [6.45, 7) is 1.74. The van der Waals surface area contributed by atoms with E-state index in [0.29, 0.717) is 30.2 Å². The third-order valence-electron chi connectivity index (χ3n) is 4.93. The molecule has 1 fully saturated rings. The van der Waals surface area contributed by atoms with E-state index >= 15 is 0 Å². The lowest BCUT2D eigenvalue weighted by atomic mass is 9.96. The van der Waals surface area contributed by atoms with E-state index in [2.05, 4.69) is 4.90 Å². The monoisotopic (exact) mass is 384 g/mol. The summed E-state index contributed by atoms with van der Waals surface area (Å²) in [4.78, 5) is 17.6. The number of amides is 1. The van der Waals surface area contributed by atoms with Crippen molar-refractivity contribution >= 4 is 5.91 Å². The molecule has 0 bridgehead atoms. The number of hydrogen-bond acceptors (Lipinski definition) is 5. The highest BCUT2D eigenvalue weighted by atomic mass is 16.5. The van der Waals surface area contributed by atoms with Crippen LogP contribution < -0.4 is 9.47 Å². The van der Waals surface area contributed by atoms with Crippen LogP contribution in [-0.2, 0) is 4.74 Å². The molecule has 28 heavy (non-hydrogen) atoms. The molecule has 0 unspecified atom stereocenters. The number of likely N-dealkylation sites (N-methyl/N-ethyl adjacent to an activating group) is 1. The summed E-state index contributed by atoms with van der Waals surface area (Å²) in [6.07, 6.45) is -0.119. The molecule has 0 aliphatic carbocycles. The Kier molecular flexibility index (Phi) is 6.54. The van der Waals surface area contributed by atoms with Crippen LogP contribution in [-0.4, -0.2) is 69.8 Å². The van der Waals surface area contributed by atoms with Crippen LogP contribution in [0.3, 0.4) is 0 Å². The summed E-state index contributed by atoms with van der Waals surface area (Å²) in [5.41, 5.74) is 1.55. The third-order valence-corrected chi connectivity index (χ3v) is 4.93. The molecule has 6 nitrogen and oxygen atoms in total. The van der Waals surface area contributed by atoms with Crippen molar-refractivity contribution in [2.75, 3.05) is 48.0 Å². The quantitative estimate of drug-likeness (QED) is 0.767. The van der Waals surface area contributed by atoms with Crippen molar-refractivity contribution < 1.29 is 19.0 Å². The maximum absolute atomic E-state index is 13.6. The molecule has 0 saturated carbocycles. The summed E-state index contributed by atoms with van der Waals surface area (Å²) in [5.74, 6) is 0.914. The van der Waals surface area contributed by atoms with Gasteiger partial charge in [-0.15, -0.1) is 0 Å². The summed E-state index contributed by atoms with van der Waals surface area (Å²) < 4.78 is 17.0. The average molecular weight is 384 g/mol.